The lowest BCUT2D eigenvalue weighted by molar-refractivity contribution is -0.154. The van der Waals surface area contributed by atoms with Gasteiger partial charge in [-0.2, -0.15) is 0 Å². The number of nitrogens with zero attached hydrogens (tertiary/aromatic N) is 3. The summed E-state index contributed by atoms with van der Waals surface area (Å²) in [6, 6.07) is 0. The van der Waals surface area contributed by atoms with Crippen LogP contribution in [0.15, 0.2) is 0 Å². The molecule has 0 fully saturated rings. The minimum atomic E-state index is -0.892. The van der Waals surface area contributed by atoms with Gasteiger partial charge in [-0.3, -0.25) is 19.3 Å². The third-order valence-corrected chi connectivity index (χ3v) is 6.58. The zero-order valence-electron chi connectivity index (χ0n) is 17.7. The molecule has 1 aromatic rings. The van der Waals surface area contributed by atoms with Crippen molar-refractivity contribution in [1.82, 2.24) is 9.80 Å². The van der Waals surface area contributed by atoms with E-state index in [4.69, 9.17) is 9.47 Å². The van der Waals surface area contributed by atoms with Crippen LogP contribution in [0.1, 0.15) is 41.6 Å². The van der Waals surface area contributed by atoms with Gasteiger partial charge in [0.15, 0.2) is 0 Å². The second-order valence-corrected chi connectivity index (χ2v) is 8.89. The summed E-state index contributed by atoms with van der Waals surface area (Å²) in [6.45, 7) is 7.66. The number of thiophene rings is 1. The number of fused-ring (bicyclic) bond motifs is 3. The Morgan fingerprint density at radius 2 is 1.97 bits per heavy atom. The number of ether oxygens (including phenoxy) is 2. The Labute approximate surface area is 175 Å². The number of rotatable bonds is 6. The summed E-state index contributed by atoms with van der Waals surface area (Å²) in [4.78, 5) is 44.5. The molecular formula is C20H29N3O5S. The molecule has 0 radical (unpaired) electrons. The molecule has 2 aliphatic rings. The van der Waals surface area contributed by atoms with Crippen LogP contribution >= 0.6 is 11.3 Å². The Morgan fingerprint density at radius 1 is 1.24 bits per heavy atom. The maximum atomic E-state index is 13.0. The molecule has 29 heavy (non-hydrogen) atoms. The first-order valence-electron chi connectivity index (χ1n) is 9.83. The summed E-state index contributed by atoms with van der Waals surface area (Å²) in [5.74, 6) is -0.329. The third kappa shape index (κ3) is 4.04. The number of methoxy groups -OCH3 is 1. The van der Waals surface area contributed by atoms with Gasteiger partial charge in [0.1, 0.15) is 17.1 Å². The van der Waals surface area contributed by atoms with Crippen LogP contribution in [0, 0.1) is 0 Å². The maximum Gasteiger partial charge on any atom is 0.257 e. The van der Waals surface area contributed by atoms with Gasteiger partial charge in [-0.1, -0.05) is 0 Å². The van der Waals surface area contributed by atoms with Crippen LogP contribution in [0.4, 0.5) is 5.00 Å². The molecule has 160 valence electrons. The number of likely N-dealkylation sites (N-methyl/N-ethyl adjacent to an activating group) is 1. The number of hydrogen-bond donors (Lipinski definition) is 0. The standard InChI is InChI=1S/C20H29N3O5S/c1-6-28-20(2,3)19(26)22-8-7-13-14(11-22)29-18-16(13)17(25)21(4)12-15(24)23(18)9-10-27-5/h6-12H2,1-5H3. The highest BCUT2D eigenvalue weighted by atomic mass is 32.1. The molecule has 0 aromatic carbocycles. The average Bonchev–Trinajstić information content (AvgIpc) is 3.01. The van der Waals surface area contributed by atoms with Crippen LogP contribution in [0.25, 0.3) is 0 Å². The summed E-state index contributed by atoms with van der Waals surface area (Å²) < 4.78 is 10.8. The largest absolute Gasteiger partial charge is 0.383 e. The van der Waals surface area contributed by atoms with Crippen molar-refractivity contribution in [3.8, 4) is 0 Å². The zero-order valence-corrected chi connectivity index (χ0v) is 18.6. The van der Waals surface area contributed by atoms with E-state index in [2.05, 4.69) is 0 Å². The van der Waals surface area contributed by atoms with Crippen molar-refractivity contribution in [3.63, 3.8) is 0 Å². The third-order valence-electron chi connectivity index (χ3n) is 5.34. The summed E-state index contributed by atoms with van der Waals surface area (Å²) in [6.07, 6.45) is 0.584. The minimum Gasteiger partial charge on any atom is -0.383 e. The summed E-state index contributed by atoms with van der Waals surface area (Å²) in [5.41, 5.74) is 0.666. The number of carbonyl (C=O) groups is 3. The van der Waals surface area contributed by atoms with Crippen molar-refractivity contribution in [2.45, 2.75) is 39.3 Å². The van der Waals surface area contributed by atoms with E-state index in [9.17, 15) is 14.4 Å². The molecule has 0 saturated heterocycles. The van der Waals surface area contributed by atoms with Crippen LogP contribution in [0.5, 0.6) is 0 Å². The molecule has 0 saturated carbocycles. The van der Waals surface area contributed by atoms with E-state index in [-0.39, 0.29) is 24.3 Å². The van der Waals surface area contributed by atoms with E-state index in [0.717, 1.165) is 10.4 Å². The molecule has 8 nitrogen and oxygen atoms in total. The Morgan fingerprint density at radius 3 is 2.62 bits per heavy atom. The molecule has 0 unspecified atom stereocenters. The lowest BCUT2D eigenvalue weighted by atomic mass is 9.99. The fourth-order valence-corrected chi connectivity index (χ4v) is 5.25. The minimum absolute atomic E-state index is 0.0475. The smallest absolute Gasteiger partial charge is 0.257 e. The quantitative estimate of drug-likeness (QED) is 0.693. The molecule has 3 amide bonds. The van der Waals surface area contributed by atoms with E-state index >= 15 is 0 Å². The van der Waals surface area contributed by atoms with Crippen LogP contribution < -0.4 is 4.90 Å². The second kappa shape index (κ2) is 8.41. The van der Waals surface area contributed by atoms with Crippen LogP contribution in [-0.4, -0.2) is 80.1 Å². The normalized spacial score (nSPS) is 17.3. The van der Waals surface area contributed by atoms with Crippen molar-refractivity contribution < 1.29 is 23.9 Å². The Hall–Kier alpha value is -1.97. The Kier molecular flexibility index (Phi) is 6.30. The van der Waals surface area contributed by atoms with E-state index < -0.39 is 5.60 Å². The summed E-state index contributed by atoms with van der Waals surface area (Å²) >= 11 is 1.43. The SMILES string of the molecule is CCOC(C)(C)C(=O)N1CCc2c(sc3c2C(=O)N(C)CC(=O)N3CCOC)C1. The van der Waals surface area contributed by atoms with Gasteiger partial charge in [0, 0.05) is 32.2 Å². The molecule has 2 aliphatic heterocycles. The lowest BCUT2D eigenvalue weighted by Gasteiger charge is -2.34. The number of hydrogen-bond acceptors (Lipinski definition) is 6. The van der Waals surface area contributed by atoms with Crippen LogP contribution in [0.2, 0.25) is 0 Å². The lowest BCUT2D eigenvalue weighted by Crippen LogP contribution is -2.48. The van der Waals surface area contributed by atoms with Gasteiger partial charge in [0.2, 0.25) is 5.91 Å². The number of carbonyl (C=O) groups excluding carboxylic acids is 3. The summed E-state index contributed by atoms with van der Waals surface area (Å²) in [7, 11) is 3.24. The van der Waals surface area contributed by atoms with Crippen molar-refractivity contribution in [3.05, 3.63) is 16.0 Å². The van der Waals surface area contributed by atoms with Gasteiger partial charge >= 0.3 is 0 Å². The Bertz CT molecular complexity index is 819. The average molecular weight is 424 g/mol. The molecule has 9 heteroatoms. The Balaban J connectivity index is 1.96. The molecule has 0 spiro atoms. The first kappa shape index (κ1) is 21.7. The van der Waals surface area contributed by atoms with Crippen molar-refractivity contribution in [2.75, 3.05) is 51.9 Å². The fourth-order valence-electron chi connectivity index (χ4n) is 3.85. The van der Waals surface area contributed by atoms with Gasteiger partial charge in [-0.05, 0) is 32.8 Å². The summed E-state index contributed by atoms with van der Waals surface area (Å²) in [5, 5.41) is 0.671. The predicted molar refractivity (Wildman–Crippen MR) is 110 cm³/mol. The fraction of sp³-hybridized carbons (Fsp3) is 0.650. The van der Waals surface area contributed by atoms with Crippen molar-refractivity contribution >= 4 is 34.1 Å². The van der Waals surface area contributed by atoms with Gasteiger partial charge in [0.25, 0.3) is 11.8 Å². The molecule has 0 N–H and O–H groups in total. The highest BCUT2D eigenvalue weighted by molar-refractivity contribution is 7.17. The molecular weight excluding hydrogens is 394 g/mol. The molecule has 3 rings (SSSR count). The van der Waals surface area contributed by atoms with E-state index in [1.807, 2.05) is 6.92 Å². The topological polar surface area (TPSA) is 79.4 Å². The van der Waals surface area contributed by atoms with Crippen molar-refractivity contribution in [2.24, 2.45) is 0 Å². The molecule has 0 bridgehead atoms. The van der Waals surface area contributed by atoms with E-state index in [1.54, 1.807) is 37.8 Å². The number of anilines is 1. The number of amides is 3. The van der Waals surface area contributed by atoms with Gasteiger partial charge in [-0.15, -0.1) is 11.3 Å². The monoisotopic (exact) mass is 423 g/mol. The molecule has 0 aliphatic carbocycles. The van der Waals surface area contributed by atoms with Gasteiger partial charge < -0.3 is 19.3 Å². The first-order chi connectivity index (χ1) is 13.7. The van der Waals surface area contributed by atoms with E-state index in [1.165, 1.54) is 16.2 Å². The zero-order chi connectivity index (χ0) is 21.3. The highest BCUT2D eigenvalue weighted by Gasteiger charge is 2.39. The maximum absolute atomic E-state index is 13.0. The first-order valence-corrected chi connectivity index (χ1v) is 10.7. The second-order valence-electron chi connectivity index (χ2n) is 7.80. The molecule has 0 atom stereocenters. The van der Waals surface area contributed by atoms with Crippen molar-refractivity contribution in [1.29, 1.82) is 0 Å². The van der Waals surface area contributed by atoms with Crippen LogP contribution in [0.3, 0.4) is 0 Å². The van der Waals surface area contributed by atoms with Gasteiger partial charge in [0.05, 0.1) is 25.3 Å². The highest BCUT2D eigenvalue weighted by Crippen LogP contribution is 2.41. The van der Waals surface area contributed by atoms with E-state index in [0.29, 0.717) is 49.8 Å². The molecule has 3 heterocycles. The van der Waals surface area contributed by atoms with Gasteiger partial charge in [-0.25, -0.2) is 0 Å². The predicted octanol–water partition coefficient (Wildman–Crippen LogP) is 1.51. The molecule has 1 aromatic heterocycles. The van der Waals surface area contributed by atoms with Crippen LogP contribution in [-0.2, 0) is 32.0 Å².